The van der Waals surface area contributed by atoms with E-state index in [2.05, 4.69) is 38.7 Å². The van der Waals surface area contributed by atoms with Crippen LogP contribution in [0.1, 0.15) is 30.6 Å². The molecule has 2 aromatic heterocycles. The van der Waals surface area contributed by atoms with Crippen LogP contribution in [0, 0.1) is 0 Å². The van der Waals surface area contributed by atoms with E-state index < -0.39 is 0 Å². The summed E-state index contributed by atoms with van der Waals surface area (Å²) >= 11 is 0. The van der Waals surface area contributed by atoms with E-state index in [0.717, 1.165) is 54.9 Å². The Hall–Kier alpha value is -2.68. The minimum atomic E-state index is 0.261. The van der Waals surface area contributed by atoms with Gasteiger partial charge in [0.25, 0.3) is 0 Å². The summed E-state index contributed by atoms with van der Waals surface area (Å²) in [5.74, 6) is 3.52. The summed E-state index contributed by atoms with van der Waals surface area (Å²) in [5, 5.41) is 11.4. The second kappa shape index (κ2) is 9.50. The van der Waals surface area contributed by atoms with Gasteiger partial charge in [-0.1, -0.05) is 0 Å². The molecule has 0 saturated carbocycles. The monoisotopic (exact) mass is 386 g/mol. The lowest BCUT2D eigenvalue weighted by atomic mass is 10.1. The Labute approximate surface area is 166 Å². The Bertz CT molecular complexity index is 801. The van der Waals surface area contributed by atoms with Crippen molar-refractivity contribution in [3.63, 3.8) is 0 Å². The first-order valence-corrected chi connectivity index (χ1v) is 9.67. The molecule has 0 radical (unpaired) electrons. The molecule has 0 amide bonds. The molecule has 1 atom stereocenters. The number of hydrogen-bond acceptors (Lipinski definition) is 6. The second-order valence-corrected chi connectivity index (χ2v) is 7.05. The number of nitrogens with zero attached hydrogens (tertiary/aromatic N) is 6. The molecule has 1 aliphatic rings. The zero-order valence-electron chi connectivity index (χ0n) is 17.1. The van der Waals surface area contributed by atoms with Gasteiger partial charge in [-0.2, -0.15) is 5.10 Å². The fourth-order valence-electron chi connectivity index (χ4n) is 3.16. The van der Waals surface area contributed by atoms with Gasteiger partial charge in [-0.25, -0.2) is 19.6 Å². The van der Waals surface area contributed by atoms with Crippen molar-refractivity contribution in [2.75, 3.05) is 32.6 Å². The van der Waals surface area contributed by atoms with Crippen LogP contribution in [0.15, 0.2) is 23.3 Å². The number of pyridine rings is 1. The van der Waals surface area contributed by atoms with Crippen molar-refractivity contribution >= 4 is 11.8 Å². The SMILES string of the molecule is CCNC(=NCc1ccnc(N(C)C)c1)NC1CCc2nc(COC)nn2C1. The highest BCUT2D eigenvalue weighted by Gasteiger charge is 2.22. The van der Waals surface area contributed by atoms with Gasteiger partial charge in [0, 0.05) is 46.4 Å². The lowest BCUT2D eigenvalue weighted by molar-refractivity contribution is 0.177. The molecule has 0 saturated heterocycles. The van der Waals surface area contributed by atoms with Gasteiger partial charge in [0.1, 0.15) is 18.2 Å². The molecule has 2 N–H and O–H groups in total. The van der Waals surface area contributed by atoms with Gasteiger partial charge in [-0.15, -0.1) is 0 Å². The van der Waals surface area contributed by atoms with Crippen LogP contribution in [-0.4, -0.2) is 59.5 Å². The van der Waals surface area contributed by atoms with E-state index in [1.807, 2.05) is 35.9 Å². The number of nitrogens with one attached hydrogen (secondary N) is 2. The number of hydrogen-bond donors (Lipinski definition) is 2. The number of aryl methyl sites for hydroxylation is 1. The van der Waals surface area contributed by atoms with Crippen molar-refractivity contribution in [1.29, 1.82) is 0 Å². The van der Waals surface area contributed by atoms with Crippen molar-refractivity contribution < 1.29 is 4.74 Å². The fraction of sp³-hybridized carbons (Fsp3) is 0.579. The van der Waals surface area contributed by atoms with E-state index in [0.29, 0.717) is 13.2 Å². The highest BCUT2D eigenvalue weighted by Crippen LogP contribution is 2.14. The Morgan fingerprint density at radius 2 is 2.29 bits per heavy atom. The molecule has 1 aliphatic heterocycles. The van der Waals surface area contributed by atoms with Crippen LogP contribution < -0.4 is 15.5 Å². The largest absolute Gasteiger partial charge is 0.377 e. The molecule has 0 aromatic carbocycles. The van der Waals surface area contributed by atoms with Gasteiger partial charge < -0.3 is 20.3 Å². The van der Waals surface area contributed by atoms with E-state index in [1.165, 1.54) is 0 Å². The molecule has 9 heteroatoms. The van der Waals surface area contributed by atoms with Gasteiger partial charge in [0.15, 0.2) is 11.8 Å². The van der Waals surface area contributed by atoms with Gasteiger partial charge in [-0.3, -0.25) is 0 Å². The van der Waals surface area contributed by atoms with Crippen molar-refractivity contribution in [3.05, 3.63) is 35.5 Å². The molecule has 1 unspecified atom stereocenters. The smallest absolute Gasteiger partial charge is 0.191 e. The van der Waals surface area contributed by atoms with Crippen molar-refractivity contribution in [2.24, 2.45) is 4.99 Å². The summed E-state index contributed by atoms with van der Waals surface area (Å²) in [6, 6.07) is 4.32. The van der Waals surface area contributed by atoms with Crippen LogP contribution >= 0.6 is 0 Å². The number of rotatable bonds is 7. The maximum atomic E-state index is 5.14. The third-order valence-electron chi connectivity index (χ3n) is 4.55. The van der Waals surface area contributed by atoms with Crippen LogP contribution in [0.25, 0.3) is 0 Å². The number of ether oxygens (including phenoxy) is 1. The minimum absolute atomic E-state index is 0.261. The van der Waals surface area contributed by atoms with E-state index in [1.54, 1.807) is 7.11 Å². The summed E-state index contributed by atoms with van der Waals surface area (Å²) in [4.78, 5) is 15.6. The fourth-order valence-corrected chi connectivity index (χ4v) is 3.16. The van der Waals surface area contributed by atoms with Crippen LogP contribution in [0.4, 0.5) is 5.82 Å². The average molecular weight is 387 g/mol. The van der Waals surface area contributed by atoms with Gasteiger partial charge >= 0.3 is 0 Å². The third kappa shape index (κ3) is 5.19. The number of guanidine groups is 1. The topological polar surface area (TPSA) is 92.5 Å². The van der Waals surface area contributed by atoms with Crippen molar-refractivity contribution in [3.8, 4) is 0 Å². The Morgan fingerprint density at radius 3 is 3.04 bits per heavy atom. The molecule has 0 fully saturated rings. The lowest BCUT2D eigenvalue weighted by Gasteiger charge is -2.25. The first-order valence-electron chi connectivity index (χ1n) is 9.67. The molecule has 152 valence electrons. The molecule has 3 rings (SSSR count). The van der Waals surface area contributed by atoms with Crippen LogP contribution in [0.3, 0.4) is 0 Å². The van der Waals surface area contributed by atoms with E-state index in [-0.39, 0.29) is 6.04 Å². The molecule has 28 heavy (non-hydrogen) atoms. The van der Waals surface area contributed by atoms with Gasteiger partial charge in [-0.05, 0) is 31.0 Å². The highest BCUT2D eigenvalue weighted by molar-refractivity contribution is 5.80. The predicted octanol–water partition coefficient (Wildman–Crippen LogP) is 0.956. The Morgan fingerprint density at radius 1 is 1.43 bits per heavy atom. The summed E-state index contributed by atoms with van der Waals surface area (Å²) in [6.07, 6.45) is 3.71. The van der Waals surface area contributed by atoms with Gasteiger partial charge in [0.2, 0.25) is 0 Å². The average Bonchev–Trinajstić information content (AvgIpc) is 3.08. The van der Waals surface area contributed by atoms with Gasteiger partial charge in [0.05, 0.1) is 13.1 Å². The Kier molecular flexibility index (Phi) is 6.80. The summed E-state index contributed by atoms with van der Waals surface area (Å²) in [5.41, 5.74) is 1.13. The van der Waals surface area contributed by atoms with Crippen LogP contribution in [-0.2, 0) is 30.9 Å². The number of methoxy groups -OCH3 is 1. The first-order chi connectivity index (χ1) is 13.6. The third-order valence-corrected chi connectivity index (χ3v) is 4.55. The standard InChI is InChI=1S/C19H30N8O/c1-5-20-19(22-11-14-8-9-21-18(10-14)26(2)3)23-15-6-7-17-24-16(13-28-4)25-27(17)12-15/h8-10,15H,5-7,11-13H2,1-4H3,(H2,20,22,23). The van der Waals surface area contributed by atoms with Crippen LogP contribution in [0.5, 0.6) is 0 Å². The maximum Gasteiger partial charge on any atom is 0.191 e. The number of aromatic nitrogens is 4. The molecule has 0 bridgehead atoms. The van der Waals surface area contributed by atoms with E-state index in [4.69, 9.17) is 9.73 Å². The Balaban J connectivity index is 1.64. The number of fused-ring (bicyclic) bond motifs is 1. The highest BCUT2D eigenvalue weighted by atomic mass is 16.5. The maximum absolute atomic E-state index is 5.14. The minimum Gasteiger partial charge on any atom is -0.377 e. The van der Waals surface area contributed by atoms with E-state index in [9.17, 15) is 0 Å². The van der Waals surface area contributed by atoms with Crippen LogP contribution in [0.2, 0.25) is 0 Å². The molecule has 2 aromatic rings. The quantitative estimate of drug-likeness (QED) is 0.541. The molecule has 0 aliphatic carbocycles. The number of anilines is 1. The zero-order valence-corrected chi connectivity index (χ0v) is 17.1. The van der Waals surface area contributed by atoms with E-state index >= 15 is 0 Å². The molecule has 3 heterocycles. The number of aliphatic imine (C=N–C) groups is 1. The predicted molar refractivity (Wildman–Crippen MR) is 109 cm³/mol. The zero-order chi connectivity index (χ0) is 19.9. The first kappa shape index (κ1) is 20.1. The molecule has 0 spiro atoms. The molecule has 9 nitrogen and oxygen atoms in total. The summed E-state index contributed by atoms with van der Waals surface area (Å²) in [6.45, 7) is 4.70. The normalized spacial score (nSPS) is 16.6. The lowest BCUT2D eigenvalue weighted by Crippen LogP contribution is -2.47. The molecular weight excluding hydrogens is 356 g/mol. The second-order valence-electron chi connectivity index (χ2n) is 7.05. The van der Waals surface area contributed by atoms with Crippen molar-refractivity contribution in [1.82, 2.24) is 30.4 Å². The summed E-state index contributed by atoms with van der Waals surface area (Å²) < 4.78 is 7.11. The van der Waals surface area contributed by atoms with Crippen molar-refractivity contribution in [2.45, 2.75) is 45.5 Å². The molecular formula is C19H30N8O. The summed E-state index contributed by atoms with van der Waals surface area (Å²) in [7, 11) is 5.63.